The number of nitrogens with zero attached hydrogens (tertiary/aromatic N) is 3. The number of phenols is 1. The molecule has 0 radical (unpaired) electrons. The van der Waals surface area contributed by atoms with E-state index in [1.165, 1.54) is 4.57 Å². The third kappa shape index (κ3) is 2.99. The molecule has 4 rings (SSSR count). The fourth-order valence-electron chi connectivity index (χ4n) is 3.83. The number of aromatic hydroxyl groups is 1. The first-order valence-corrected chi connectivity index (χ1v) is 9.46. The van der Waals surface area contributed by atoms with Gasteiger partial charge < -0.3 is 14.4 Å². The lowest BCUT2D eigenvalue weighted by Crippen LogP contribution is -2.15. The second-order valence-electron chi connectivity index (χ2n) is 7.58. The summed E-state index contributed by atoms with van der Waals surface area (Å²) in [7, 11) is 3.56. The second kappa shape index (κ2) is 6.84. The van der Waals surface area contributed by atoms with Crippen molar-refractivity contribution in [3.8, 4) is 28.6 Å². The van der Waals surface area contributed by atoms with E-state index in [1.54, 1.807) is 13.2 Å². The van der Waals surface area contributed by atoms with Gasteiger partial charge in [-0.1, -0.05) is 13.8 Å². The van der Waals surface area contributed by atoms with Gasteiger partial charge in [-0.05, 0) is 48.2 Å². The van der Waals surface area contributed by atoms with Crippen LogP contribution in [-0.4, -0.2) is 31.5 Å². The molecule has 2 N–H and O–H groups in total. The quantitative estimate of drug-likeness (QED) is 0.552. The largest absolute Gasteiger partial charge is 0.507 e. The molecule has 0 saturated carbocycles. The van der Waals surface area contributed by atoms with E-state index < -0.39 is 0 Å². The van der Waals surface area contributed by atoms with Crippen LogP contribution in [0.1, 0.15) is 30.9 Å². The van der Waals surface area contributed by atoms with Gasteiger partial charge in [0.25, 0.3) is 0 Å². The molecule has 0 spiro atoms. The molecule has 4 aromatic rings. The van der Waals surface area contributed by atoms with Crippen LogP contribution >= 0.6 is 0 Å². The number of aryl methyl sites for hydroxylation is 2. The average Bonchev–Trinajstić information content (AvgIpc) is 3.20. The molecule has 0 aliphatic heterocycles. The van der Waals surface area contributed by atoms with Crippen LogP contribution in [0.15, 0.2) is 41.3 Å². The maximum Gasteiger partial charge on any atom is 0.348 e. The summed E-state index contributed by atoms with van der Waals surface area (Å²) in [5.74, 6) is 1.13. The first-order chi connectivity index (χ1) is 13.8. The Kier molecular flexibility index (Phi) is 4.45. The highest BCUT2D eigenvalue weighted by molar-refractivity contribution is 5.86. The molecule has 2 heterocycles. The number of benzene rings is 2. The van der Waals surface area contributed by atoms with Gasteiger partial charge in [0.1, 0.15) is 11.5 Å². The second-order valence-corrected chi connectivity index (χ2v) is 7.58. The molecule has 0 saturated heterocycles. The minimum Gasteiger partial charge on any atom is -0.507 e. The third-order valence-electron chi connectivity index (χ3n) is 5.31. The minimum absolute atomic E-state index is 0.00321. The average molecular weight is 392 g/mol. The molecule has 0 aliphatic rings. The molecule has 2 aromatic heterocycles. The number of phenolic OH excluding ortho intramolecular Hbond substituents is 1. The molecule has 2 aromatic carbocycles. The van der Waals surface area contributed by atoms with Gasteiger partial charge in [0.15, 0.2) is 5.82 Å². The summed E-state index contributed by atoms with van der Waals surface area (Å²) in [6, 6.07) is 9.23. The Labute approximate surface area is 168 Å². The van der Waals surface area contributed by atoms with Crippen molar-refractivity contribution in [1.82, 2.24) is 19.3 Å². The van der Waals surface area contributed by atoms with Crippen molar-refractivity contribution in [2.75, 3.05) is 7.11 Å². The predicted octanol–water partition coefficient (Wildman–Crippen LogP) is 3.87. The summed E-state index contributed by atoms with van der Waals surface area (Å²) >= 11 is 0. The Balaban J connectivity index is 1.95. The van der Waals surface area contributed by atoms with Crippen LogP contribution in [0.25, 0.3) is 28.0 Å². The molecule has 7 nitrogen and oxygen atoms in total. The van der Waals surface area contributed by atoms with Gasteiger partial charge >= 0.3 is 5.69 Å². The normalized spacial score (nSPS) is 11.5. The van der Waals surface area contributed by atoms with Crippen molar-refractivity contribution in [2.24, 2.45) is 7.05 Å². The Hall–Kier alpha value is -3.48. The van der Waals surface area contributed by atoms with Gasteiger partial charge in [-0.2, -0.15) is 5.10 Å². The Morgan fingerprint density at radius 1 is 1.21 bits per heavy atom. The third-order valence-corrected chi connectivity index (χ3v) is 5.31. The van der Waals surface area contributed by atoms with E-state index in [9.17, 15) is 9.90 Å². The molecular formula is C22H24N4O3. The SMILES string of the molecule is COc1cc(O)c(-c2n[nH]c(=O)n2-c2ccc3c(c2)c(C)cn3C)cc1C(C)C. The number of ether oxygens (including phenoxy) is 1. The maximum atomic E-state index is 12.6. The molecular weight excluding hydrogens is 368 g/mol. The predicted molar refractivity (Wildman–Crippen MR) is 113 cm³/mol. The molecule has 150 valence electrons. The Bertz CT molecular complexity index is 1280. The first kappa shape index (κ1) is 18.9. The van der Waals surface area contributed by atoms with Crippen molar-refractivity contribution >= 4 is 10.9 Å². The number of methoxy groups -OCH3 is 1. The summed E-state index contributed by atoms with van der Waals surface area (Å²) < 4.78 is 8.94. The van der Waals surface area contributed by atoms with Gasteiger partial charge in [-0.3, -0.25) is 0 Å². The molecule has 0 aliphatic carbocycles. The summed E-state index contributed by atoms with van der Waals surface area (Å²) in [5.41, 5.74) is 3.92. The summed E-state index contributed by atoms with van der Waals surface area (Å²) in [4.78, 5) is 12.6. The highest BCUT2D eigenvalue weighted by Gasteiger charge is 2.20. The zero-order valence-corrected chi connectivity index (χ0v) is 17.1. The summed E-state index contributed by atoms with van der Waals surface area (Å²) in [6.07, 6.45) is 2.05. The van der Waals surface area contributed by atoms with E-state index in [0.717, 1.165) is 22.0 Å². The number of nitrogens with one attached hydrogen (secondary N) is 1. The van der Waals surface area contributed by atoms with E-state index >= 15 is 0 Å². The van der Waals surface area contributed by atoms with Gasteiger partial charge in [0.2, 0.25) is 0 Å². The standard InChI is InChI=1S/C22H24N4O3/c1-12(2)15-9-17(19(27)10-20(15)29-5)21-23-24-22(28)26(21)14-6-7-18-16(8-14)13(3)11-25(18)4/h6-12,27H,1-5H3,(H,24,28). The highest BCUT2D eigenvalue weighted by atomic mass is 16.5. The van der Waals surface area contributed by atoms with Crippen molar-refractivity contribution < 1.29 is 9.84 Å². The van der Waals surface area contributed by atoms with E-state index in [1.807, 2.05) is 52.1 Å². The number of H-pyrrole nitrogens is 1. The zero-order valence-electron chi connectivity index (χ0n) is 17.1. The topological polar surface area (TPSA) is 85.1 Å². The number of fused-ring (bicyclic) bond motifs is 1. The molecule has 0 amide bonds. The highest BCUT2D eigenvalue weighted by Crippen LogP contribution is 2.38. The number of hydrogen-bond acceptors (Lipinski definition) is 4. The number of hydrogen-bond donors (Lipinski definition) is 2. The Morgan fingerprint density at radius 3 is 2.66 bits per heavy atom. The minimum atomic E-state index is -0.366. The fraction of sp³-hybridized carbons (Fsp3) is 0.273. The lowest BCUT2D eigenvalue weighted by atomic mass is 9.98. The van der Waals surface area contributed by atoms with Gasteiger partial charge in [-0.15, -0.1) is 0 Å². The monoisotopic (exact) mass is 392 g/mol. The molecule has 0 unspecified atom stereocenters. The molecule has 0 bridgehead atoms. The van der Waals surface area contributed by atoms with E-state index in [2.05, 4.69) is 21.0 Å². The van der Waals surface area contributed by atoms with Crippen LogP contribution in [0.3, 0.4) is 0 Å². The lowest BCUT2D eigenvalue weighted by Gasteiger charge is -2.15. The molecule has 0 fully saturated rings. The van der Waals surface area contributed by atoms with Crippen molar-refractivity contribution in [1.29, 1.82) is 0 Å². The Morgan fingerprint density at radius 2 is 1.97 bits per heavy atom. The maximum absolute atomic E-state index is 12.6. The van der Waals surface area contributed by atoms with Crippen LogP contribution in [0, 0.1) is 6.92 Å². The molecule has 7 heteroatoms. The van der Waals surface area contributed by atoms with Crippen LogP contribution in [0.5, 0.6) is 11.5 Å². The van der Waals surface area contributed by atoms with Gasteiger partial charge in [-0.25, -0.2) is 14.5 Å². The lowest BCUT2D eigenvalue weighted by molar-refractivity contribution is 0.401. The number of aromatic amines is 1. The van der Waals surface area contributed by atoms with Crippen LogP contribution in [-0.2, 0) is 7.05 Å². The van der Waals surface area contributed by atoms with Crippen molar-refractivity contribution in [3.05, 3.63) is 58.1 Å². The number of rotatable bonds is 4. The van der Waals surface area contributed by atoms with Crippen LogP contribution in [0.4, 0.5) is 0 Å². The zero-order chi connectivity index (χ0) is 20.9. The van der Waals surface area contributed by atoms with Gasteiger partial charge in [0, 0.05) is 30.2 Å². The fourth-order valence-corrected chi connectivity index (χ4v) is 3.83. The number of aromatic nitrogens is 4. The van der Waals surface area contributed by atoms with E-state index in [0.29, 0.717) is 22.8 Å². The summed E-state index contributed by atoms with van der Waals surface area (Å²) in [6.45, 7) is 6.13. The smallest absolute Gasteiger partial charge is 0.348 e. The van der Waals surface area contributed by atoms with Crippen molar-refractivity contribution in [3.63, 3.8) is 0 Å². The van der Waals surface area contributed by atoms with E-state index in [4.69, 9.17) is 4.74 Å². The summed E-state index contributed by atoms with van der Waals surface area (Å²) in [5, 5.41) is 18.4. The molecule has 0 atom stereocenters. The van der Waals surface area contributed by atoms with Crippen LogP contribution in [0.2, 0.25) is 0 Å². The van der Waals surface area contributed by atoms with Crippen molar-refractivity contribution in [2.45, 2.75) is 26.7 Å². The molecule has 29 heavy (non-hydrogen) atoms. The first-order valence-electron chi connectivity index (χ1n) is 9.46. The van der Waals surface area contributed by atoms with E-state index in [-0.39, 0.29) is 17.4 Å². The van der Waals surface area contributed by atoms with Crippen LogP contribution < -0.4 is 10.4 Å². The van der Waals surface area contributed by atoms with Gasteiger partial charge in [0.05, 0.1) is 18.4 Å².